The van der Waals surface area contributed by atoms with Gasteiger partial charge in [0.25, 0.3) is 0 Å². The van der Waals surface area contributed by atoms with E-state index in [0.717, 1.165) is 34.6 Å². The molecule has 0 aromatic carbocycles. The number of carbonyl (C=O) groups is 5. The van der Waals surface area contributed by atoms with E-state index in [4.69, 9.17) is 90.0 Å². The molecule has 31 N–H and O–H groups in total. The molecule has 10 heterocycles. The van der Waals surface area contributed by atoms with Gasteiger partial charge in [0.1, 0.15) is 238 Å². The Labute approximate surface area is 708 Å². The smallest absolute Gasteiger partial charge is 0.217 e. The second-order valence-electron chi connectivity index (χ2n) is 31.7. The summed E-state index contributed by atoms with van der Waals surface area (Å²) in [5, 5.41) is 302. The van der Waals surface area contributed by atoms with Crippen LogP contribution < -0.4 is 26.6 Å². The number of carbonyl (C=O) groups excluding carboxylic acids is 5. The van der Waals surface area contributed by atoms with Crippen molar-refractivity contribution in [3.05, 3.63) is 0 Å². The highest BCUT2D eigenvalue weighted by molar-refractivity contribution is 5.75. The quantitative estimate of drug-likeness (QED) is 0.0297. The molecule has 10 aliphatic heterocycles. The molecule has 5 amide bonds. The minimum Gasteiger partial charge on any atom is -0.394 e. The molecule has 0 spiro atoms. The number of ether oxygens (including phenoxy) is 19. The minimum absolute atomic E-state index is 0.781. The largest absolute Gasteiger partial charge is 0.394 e. The lowest BCUT2D eigenvalue weighted by atomic mass is 9.93. The van der Waals surface area contributed by atoms with Crippen LogP contribution in [-0.4, -0.2) is 529 Å². The molecule has 55 heteroatoms. The van der Waals surface area contributed by atoms with E-state index in [1.54, 1.807) is 0 Å². The van der Waals surface area contributed by atoms with E-state index in [9.17, 15) is 157 Å². The molecule has 0 saturated carbocycles. The van der Waals surface area contributed by atoms with Gasteiger partial charge in [0.2, 0.25) is 29.5 Å². The Hall–Kier alpha value is -4.45. The van der Waals surface area contributed by atoms with Crippen molar-refractivity contribution in [3.63, 3.8) is 0 Å². The molecule has 0 radical (unpaired) electrons. The molecule has 722 valence electrons. The summed E-state index contributed by atoms with van der Waals surface area (Å²) < 4.78 is 112. The Morgan fingerprint density at radius 2 is 0.488 bits per heavy atom. The zero-order chi connectivity index (χ0) is 92.1. The number of aliphatic hydroxyl groups excluding tert-OH is 26. The zero-order valence-electron chi connectivity index (χ0n) is 67.7. The van der Waals surface area contributed by atoms with Gasteiger partial charge in [-0.2, -0.15) is 0 Å². The Morgan fingerprint density at radius 1 is 0.224 bits per heavy atom. The molecule has 0 aromatic rings. The van der Waals surface area contributed by atoms with Crippen LogP contribution in [0, 0.1) is 0 Å². The SMILES string of the molecule is CC(=O)N[C@@H]1[C@@H](O[C@@H]2O[C@H](CO)[C@H](O)[C@H](O[C@@H]3O[C@H](CO)[C@@H](O[C@@H]4O[C@H](CO)[C@H](O)[C@H](O[C@@H]5O[C@H](CO)[C@@H](O[C@@H]6O[C@H](CO)[C@H](O)[C@H](O)[C@H]6O[C@@H]6O[C@@H](C)[C@@H](O)[C@@H](O)[C@@H]6O)[C@H](O)[C@H]5NC(C)=O)[C@H]4O)[C@H](O)[C@H]3NC(C)=O)[C@H]2O)[C@@H](O)[C@@H](CO[C@@H]2O[C@H](CO)[C@@H](O[C@@H]3O[C@H](CO)[C@H](O)[C@H](O[C@@H]4O[C@H](CO)[C@@H](O)[C@H](O)[C@H]4NC(C)=O)[C@H]3O)[C@H](O)[C@H]2NC(C)=O)O[C@@H]1O. The summed E-state index contributed by atoms with van der Waals surface area (Å²) in [4.78, 5) is 63.8. The van der Waals surface area contributed by atoms with Gasteiger partial charge in [-0.05, 0) is 6.92 Å². The van der Waals surface area contributed by atoms with E-state index >= 15 is 0 Å². The van der Waals surface area contributed by atoms with Crippen LogP contribution in [0.25, 0.3) is 0 Å². The number of amides is 5. The maximum Gasteiger partial charge on any atom is 0.217 e. The van der Waals surface area contributed by atoms with Gasteiger partial charge in [-0.1, -0.05) is 0 Å². The van der Waals surface area contributed by atoms with Crippen molar-refractivity contribution in [1.82, 2.24) is 26.6 Å². The lowest BCUT2D eigenvalue weighted by Gasteiger charge is -2.51. The van der Waals surface area contributed by atoms with Crippen LogP contribution in [0.15, 0.2) is 0 Å². The van der Waals surface area contributed by atoms with E-state index in [2.05, 4.69) is 26.6 Å². The van der Waals surface area contributed by atoms with Crippen LogP contribution in [0.1, 0.15) is 41.5 Å². The molecule has 125 heavy (non-hydrogen) atoms. The summed E-state index contributed by atoms with van der Waals surface area (Å²) in [6.45, 7) is -3.50. The maximum atomic E-state index is 13.1. The fourth-order valence-electron chi connectivity index (χ4n) is 16.3. The average molecular weight is 1830 g/mol. The summed E-state index contributed by atoms with van der Waals surface area (Å²) in [5.74, 6) is -4.49. The predicted octanol–water partition coefficient (Wildman–Crippen LogP) is -21.1. The standard InChI is InChI=1S/C70H117N5O50/c1-16-36(89)47(100)49(102)66(108-16)125-60-48(101)38(91)23(8-77)114-70(60)120-55-29(14-83)117-65(34(46(55)99)74-20(5)87)123-58-40(93)25(10-79)112-68(51(58)104)119-54-28(13-82)116-64(33(45(54)98)73-19(4)86)124-59-41(94)26(11-80)113-69(52(59)105)121-56-35(75-21(6)88)61(106)109-30(42(56)95)15-107-62-32(72-18(3)85)44(97)53(27(12-81)115-62)118-67-50(103)57(39(92)24(9-78)111-67)122-63-31(71-17(2)84)43(96)37(90)22(7-76)110-63/h16,22-70,76-83,89-106H,7-15H2,1-6H3,(H,71,84)(H,72,85)(H,73,86)(H,74,87)(H,75,88)/t16-,22+,23+,24+,25+,26+,27+,28+,29+,30+,31+,32+,33+,34+,35+,36+,37+,38-,39-,40-,41-,42-,43+,44+,45+,46+,47+,48-,49-,50+,51+,52+,53+,54+,55+,56+,57-,58-,59-,60+,61-,62+,63-,64-,65-,66-,67-,68-,69-,70-/m0/s1. The first-order chi connectivity index (χ1) is 59.1. The summed E-state index contributed by atoms with van der Waals surface area (Å²) in [7, 11) is 0. The van der Waals surface area contributed by atoms with Gasteiger partial charge in [0.15, 0.2) is 62.9 Å². The normalized spacial score (nSPS) is 48.7. The van der Waals surface area contributed by atoms with E-state index in [1.807, 2.05) is 0 Å². The van der Waals surface area contributed by atoms with Crippen molar-refractivity contribution in [2.24, 2.45) is 0 Å². The van der Waals surface area contributed by atoms with Crippen molar-refractivity contribution >= 4 is 29.5 Å². The second kappa shape index (κ2) is 44.9. The van der Waals surface area contributed by atoms with Gasteiger partial charge >= 0.3 is 0 Å². The van der Waals surface area contributed by atoms with Crippen molar-refractivity contribution < 1.29 is 247 Å². The summed E-state index contributed by atoms with van der Waals surface area (Å²) in [6.07, 6.45) is -89.8. The lowest BCUT2D eigenvalue weighted by molar-refractivity contribution is -0.392. The third-order valence-electron chi connectivity index (χ3n) is 22.8. The number of hydrogen-bond acceptors (Lipinski definition) is 50. The third-order valence-corrected chi connectivity index (χ3v) is 22.8. The van der Waals surface area contributed by atoms with Crippen LogP contribution in [-0.2, 0) is 114 Å². The lowest BCUT2D eigenvalue weighted by Crippen LogP contribution is -2.71. The molecule has 0 unspecified atom stereocenters. The highest BCUT2D eigenvalue weighted by atomic mass is 16.8. The fraction of sp³-hybridized carbons (Fsp3) is 0.929. The molecule has 10 aliphatic rings. The zero-order valence-corrected chi connectivity index (χ0v) is 67.7. The van der Waals surface area contributed by atoms with Crippen LogP contribution in [0.4, 0.5) is 0 Å². The second-order valence-corrected chi connectivity index (χ2v) is 31.7. The van der Waals surface area contributed by atoms with Crippen molar-refractivity contribution in [1.29, 1.82) is 0 Å². The summed E-state index contributed by atoms with van der Waals surface area (Å²) >= 11 is 0. The molecule has 0 aliphatic carbocycles. The first kappa shape index (κ1) is 103. The number of nitrogens with one attached hydrogen (secondary N) is 5. The van der Waals surface area contributed by atoms with Gasteiger partial charge in [-0.15, -0.1) is 0 Å². The topological polar surface area (TPSA) is 847 Å². The molecule has 10 rings (SSSR count). The minimum atomic E-state index is -2.41. The summed E-state index contributed by atoms with van der Waals surface area (Å²) in [6, 6.07) is -9.19. The van der Waals surface area contributed by atoms with Gasteiger partial charge in [-0.3, -0.25) is 24.0 Å². The monoisotopic (exact) mass is 1830 g/mol. The fourth-order valence-corrected chi connectivity index (χ4v) is 16.3. The van der Waals surface area contributed by atoms with E-state index < -0.39 is 396 Å². The number of hydrogen-bond donors (Lipinski definition) is 31. The molecule has 0 bridgehead atoms. The number of rotatable bonds is 32. The Morgan fingerprint density at radius 3 is 0.856 bits per heavy atom. The third kappa shape index (κ3) is 22.9. The molecule has 10 saturated heterocycles. The Kier molecular flexibility index (Phi) is 36.8. The van der Waals surface area contributed by atoms with Gasteiger partial charge in [-0.25, -0.2) is 0 Å². The van der Waals surface area contributed by atoms with Gasteiger partial charge < -0.3 is 249 Å². The summed E-state index contributed by atoms with van der Waals surface area (Å²) in [5.41, 5.74) is 0. The Balaban J connectivity index is 0.825. The van der Waals surface area contributed by atoms with Crippen LogP contribution in [0.3, 0.4) is 0 Å². The van der Waals surface area contributed by atoms with Crippen molar-refractivity contribution in [2.75, 3.05) is 59.5 Å². The number of aliphatic hydroxyl groups is 26. The molecular formula is C70H117N5O50. The Bertz CT molecular complexity index is 3420. The predicted molar refractivity (Wildman–Crippen MR) is 386 cm³/mol. The molecule has 10 fully saturated rings. The molecule has 0 aromatic heterocycles. The van der Waals surface area contributed by atoms with Crippen molar-refractivity contribution in [2.45, 2.75) is 348 Å². The maximum absolute atomic E-state index is 13.1. The molecule has 50 atom stereocenters. The van der Waals surface area contributed by atoms with Crippen molar-refractivity contribution in [3.8, 4) is 0 Å². The highest BCUT2D eigenvalue weighted by Crippen LogP contribution is 2.41. The molecular weight excluding hydrogens is 1710 g/mol. The first-order valence-corrected chi connectivity index (χ1v) is 40.0. The average Bonchev–Trinajstić information content (AvgIpc) is 0.785. The van der Waals surface area contributed by atoms with E-state index in [1.165, 1.54) is 6.92 Å². The highest BCUT2D eigenvalue weighted by Gasteiger charge is 2.62. The van der Waals surface area contributed by atoms with E-state index in [-0.39, 0.29) is 0 Å². The van der Waals surface area contributed by atoms with Gasteiger partial charge in [0, 0.05) is 34.6 Å². The molecule has 55 nitrogen and oxygen atoms in total. The first-order valence-electron chi connectivity index (χ1n) is 40.0. The van der Waals surface area contributed by atoms with Crippen LogP contribution in [0.5, 0.6) is 0 Å². The van der Waals surface area contributed by atoms with E-state index in [0.29, 0.717) is 0 Å². The van der Waals surface area contributed by atoms with Gasteiger partial charge in [0.05, 0.1) is 65.6 Å². The van der Waals surface area contributed by atoms with Crippen LogP contribution in [0.2, 0.25) is 0 Å². The van der Waals surface area contributed by atoms with Crippen LogP contribution >= 0.6 is 0 Å².